The number of nitrogens with zero attached hydrogens (tertiary/aromatic N) is 1. The number of rotatable bonds is 2. The topological polar surface area (TPSA) is 23.8 Å². The van der Waals surface area contributed by atoms with Gasteiger partial charge in [-0.15, -0.1) is 0 Å². The third kappa shape index (κ3) is 2.11. The summed E-state index contributed by atoms with van der Waals surface area (Å²) in [5.74, 6) is 1.22. The highest BCUT2D eigenvalue weighted by Crippen LogP contribution is 2.45. The maximum absolute atomic E-state index is 9.16. The van der Waals surface area contributed by atoms with Crippen molar-refractivity contribution in [1.82, 2.24) is 0 Å². The van der Waals surface area contributed by atoms with E-state index in [1.54, 1.807) is 0 Å². The summed E-state index contributed by atoms with van der Waals surface area (Å²) in [6, 6.07) is 13.2. The summed E-state index contributed by atoms with van der Waals surface area (Å²) in [5.41, 5.74) is 1.28. The molecular weight excluding hydrogens is 194 g/mol. The van der Waals surface area contributed by atoms with Gasteiger partial charge in [0.1, 0.15) is 0 Å². The second kappa shape index (κ2) is 4.29. The summed E-state index contributed by atoms with van der Waals surface area (Å²) >= 11 is 0. The molecule has 0 N–H and O–H groups in total. The molecule has 0 saturated heterocycles. The van der Waals surface area contributed by atoms with E-state index in [9.17, 15) is 0 Å². The zero-order chi connectivity index (χ0) is 11.6. The van der Waals surface area contributed by atoms with E-state index in [2.05, 4.69) is 50.2 Å². The van der Waals surface area contributed by atoms with Crippen molar-refractivity contribution >= 4 is 0 Å². The molecule has 84 valence electrons. The highest BCUT2D eigenvalue weighted by molar-refractivity contribution is 5.21. The van der Waals surface area contributed by atoms with Crippen molar-refractivity contribution < 1.29 is 0 Å². The Morgan fingerprint density at radius 2 is 1.88 bits per heavy atom. The second-order valence-corrected chi connectivity index (χ2v) is 5.45. The number of benzene rings is 1. The van der Waals surface area contributed by atoms with E-state index in [-0.39, 0.29) is 5.41 Å². The lowest BCUT2D eigenvalue weighted by Crippen LogP contribution is -2.19. The van der Waals surface area contributed by atoms with Gasteiger partial charge in [-0.1, -0.05) is 30.3 Å². The van der Waals surface area contributed by atoms with Gasteiger partial charge in [0.25, 0.3) is 0 Å². The minimum atomic E-state index is -0.163. The Labute approximate surface area is 98.1 Å². The fraction of sp³-hybridized carbons (Fsp3) is 0.533. The van der Waals surface area contributed by atoms with Crippen LogP contribution in [0.2, 0.25) is 0 Å². The van der Waals surface area contributed by atoms with Gasteiger partial charge >= 0.3 is 0 Å². The Bertz CT molecular complexity index is 386. The lowest BCUT2D eigenvalue weighted by molar-refractivity contribution is 0.297. The van der Waals surface area contributed by atoms with Gasteiger partial charge in [-0.2, -0.15) is 5.26 Å². The molecule has 1 aliphatic carbocycles. The fourth-order valence-corrected chi connectivity index (χ4v) is 2.76. The summed E-state index contributed by atoms with van der Waals surface area (Å²) in [4.78, 5) is 0. The molecule has 0 radical (unpaired) electrons. The van der Waals surface area contributed by atoms with Crippen LogP contribution in [0.3, 0.4) is 0 Å². The Morgan fingerprint density at radius 1 is 1.19 bits per heavy atom. The predicted molar refractivity (Wildman–Crippen MR) is 65.9 cm³/mol. The van der Waals surface area contributed by atoms with Crippen LogP contribution < -0.4 is 0 Å². The minimum absolute atomic E-state index is 0.163. The van der Waals surface area contributed by atoms with Crippen LogP contribution in [-0.2, 0) is 0 Å². The van der Waals surface area contributed by atoms with Crippen molar-refractivity contribution in [2.75, 3.05) is 0 Å². The van der Waals surface area contributed by atoms with Crippen LogP contribution in [0, 0.1) is 22.7 Å². The van der Waals surface area contributed by atoms with E-state index in [0.29, 0.717) is 11.8 Å². The zero-order valence-electron chi connectivity index (χ0n) is 10.1. The SMILES string of the molecule is CC(C)(C#N)[C@H]1CC[C@@H](c2ccccc2)C1. The Hall–Kier alpha value is -1.29. The Morgan fingerprint density at radius 3 is 2.50 bits per heavy atom. The van der Waals surface area contributed by atoms with E-state index in [4.69, 9.17) is 5.26 Å². The average molecular weight is 213 g/mol. The van der Waals surface area contributed by atoms with Crippen LogP contribution in [-0.4, -0.2) is 0 Å². The number of hydrogen-bond donors (Lipinski definition) is 0. The second-order valence-electron chi connectivity index (χ2n) is 5.45. The summed E-state index contributed by atoms with van der Waals surface area (Å²) in [5, 5.41) is 9.16. The molecule has 16 heavy (non-hydrogen) atoms. The van der Waals surface area contributed by atoms with E-state index in [0.717, 1.165) is 0 Å². The molecule has 1 nitrogen and oxygen atoms in total. The number of hydrogen-bond acceptors (Lipinski definition) is 1. The van der Waals surface area contributed by atoms with Gasteiger partial charge in [0.2, 0.25) is 0 Å². The smallest absolute Gasteiger partial charge is 0.0686 e. The van der Waals surface area contributed by atoms with Gasteiger partial charge < -0.3 is 0 Å². The summed E-state index contributed by atoms with van der Waals surface area (Å²) in [6.45, 7) is 4.15. The Kier molecular flexibility index (Phi) is 3.01. The van der Waals surface area contributed by atoms with E-state index >= 15 is 0 Å². The van der Waals surface area contributed by atoms with Crippen LogP contribution >= 0.6 is 0 Å². The molecule has 0 spiro atoms. The molecule has 1 saturated carbocycles. The maximum atomic E-state index is 9.16. The molecule has 1 aliphatic rings. The van der Waals surface area contributed by atoms with Crippen molar-refractivity contribution in [2.45, 2.75) is 39.0 Å². The standard InChI is InChI=1S/C15H19N/c1-15(2,11-16)14-9-8-13(10-14)12-6-4-3-5-7-12/h3-7,13-14H,8-10H2,1-2H3/t13-,14+/m1/s1. The van der Waals surface area contributed by atoms with Crippen LogP contribution in [0.15, 0.2) is 30.3 Å². The highest BCUT2D eigenvalue weighted by atomic mass is 14.4. The lowest BCUT2D eigenvalue weighted by Gasteiger charge is -2.23. The van der Waals surface area contributed by atoms with Crippen molar-refractivity contribution in [3.8, 4) is 6.07 Å². The van der Waals surface area contributed by atoms with Gasteiger partial charge in [-0.3, -0.25) is 0 Å². The molecule has 0 aliphatic heterocycles. The molecule has 0 heterocycles. The van der Waals surface area contributed by atoms with Gasteiger partial charge in [-0.05, 0) is 50.5 Å². The first-order chi connectivity index (χ1) is 7.63. The molecule has 1 heteroatoms. The van der Waals surface area contributed by atoms with E-state index in [1.807, 2.05) is 0 Å². The molecule has 1 fully saturated rings. The van der Waals surface area contributed by atoms with Gasteiger partial charge in [0.15, 0.2) is 0 Å². The largest absolute Gasteiger partial charge is 0.198 e. The van der Waals surface area contributed by atoms with Crippen LogP contribution in [0.25, 0.3) is 0 Å². The number of nitriles is 1. The first-order valence-corrected chi connectivity index (χ1v) is 6.09. The first kappa shape index (κ1) is 11.2. The zero-order valence-corrected chi connectivity index (χ0v) is 10.1. The normalized spacial score (nSPS) is 25.3. The maximum Gasteiger partial charge on any atom is 0.0686 e. The molecule has 0 bridgehead atoms. The average Bonchev–Trinajstić information content (AvgIpc) is 2.80. The molecule has 1 aromatic rings. The third-order valence-electron chi connectivity index (χ3n) is 4.01. The van der Waals surface area contributed by atoms with E-state index in [1.165, 1.54) is 24.8 Å². The predicted octanol–water partition coefficient (Wildman–Crippen LogP) is 4.12. The summed E-state index contributed by atoms with van der Waals surface area (Å²) in [7, 11) is 0. The monoisotopic (exact) mass is 213 g/mol. The third-order valence-corrected chi connectivity index (χ3v) is 4.01. The molecule has 0 unspecified atom stereocenters. The molecule has 0 aromatic heterocycles. The van der Waals surface area contributed by atoms with Crippen LogP contribution in [0.5, 0.6) is 0 Å². The summed E-state index contributed by atoms with van der Waals surface area (Å²) in [6.07, 6.45) is 3.60. The molecule has 2 atom stereocenters. The fourth-order valence-electron chi connectivity index (χ4n) is 2.76. The van der Waals surface area contributed by atoms with Crippen molar-refractivity contribution in [3.63, 3.8) is 0 Å². The molecular formula is C15H19N. The minimum Gasteiger partial charge on any atom is -0.198 e. The van der Waals surface area contributed by atoms with Crippen molar-refractivity contribution in [1.29, 1.82) is 5.26 Å². The van der Waals surface area contributed by atoms with E-state index < -0.39 is 0 Å². The van der Waals surface area contributed by atoms with Crippen LogP contribution in [0.4, 0.5) is 0 Å². The van der Waals surface area contributed by atoms with Gasteiger partial charge in [-0.25, -0.2) is 0 Å². The quantitative estimate of drug-likeness (QED) is 0.725. The first-order valence-electron chi connectivity index (χ1n) is 6.09. The Balaban J connectivity index is 2.08. The van der Waals surface area contributed by atoms with Gasteiger partial charge in [0.05, 0.1) is 11.5 Å². The van der Waals surface area contributed by atoms with Crippen molar-refractivity contribution in [2.24, 2.45) is 11.3 Å². The highest BCUT2D eigenvalue weighted by Gasteiger charge is 2.36. The lowest BCUT2D eigenvalue weighted by atomic mass is 9.78. The molecule has 0 amide bonds. The van der Waals surface area contributed by atoms with Crippen LogP contribution in [0.1, 0.15) is 44.6 Å². The van der Waals surface area contributed by atoms with Gasteiger partial charge in [0, 0.05) is 0 Å². The summed E-state index contributed by atoms with van der Waals surface area (Å²) < 4.78 is 0. The molecule has 2 rings (SSSR count). The molecule has 1 aromatic carbocycles. The van der Waals surface area contributed by atoms with Crippen molar-refractivity contribution in [3.05, 3.63) is 35.9 Å².